The van der Waals surface area contributed by atoms with Crippen molar-refractivity contribution in [2.24, 2.45) is 0 Å². The Hall–Kier alpha value is -3.12. The molecule has 0 atom stereocenters. The van der Waals surface area contributed by atoms with Crippen molar-refractivity contribution in [1.29, 1.82) is 0 Å². The Labute approximate surface area is 152 Å². The van der Waals surface area contributed by atoms with Gasteiger partial charge in [0.15, 0.2) is 0 Å². The van der Waals surface area contributed by atoms with Crippen LogP contribution in [0, 0.1) is 5.82 Å². The minimum atomic E-state index is -1.09. The van der Waals surface area contributed by atoms with Gasteiger partial charge < -0.3 is 5.11 Å². The summed E-state index contributed by atoms with van der Waals surface area (Å²) in [5, 5.41) is 9.91. The molecule has 128 valence electrons. The summed E-state index contributed by atoms with van der Waals surface area (Å²) in [5.74, 6) is -1.43. The van der Waals surface area contributed by atoms with Crippen molar-refractivity contribution in [3.8, 4) is 10.6 Å². The maximum Gasteiger partial charge on any atom is 0.354 e. The number of thiazole rings is 1. The van der Waals surface area contributed by atoms with Gasteiger partial charge in [-0.2, -0.15) is 0 Å². The second-order valence-corrected chi connectivity index (χ2v) is 6.82. The van der Waals surface area contributed by atoms with Gasteiger partial charge in [-0.05, 0) is 29.8 Å². The lowest BCUT2D eigenvalue weighted by Gasteiger charge is -2.04. The summed E-state index contributed by atoms with van der Waals surface area (Å²) in [6.45, 7) is 0. The summed E-state index contributed by atoms with van der Waals surface area (Å²) in [6.07, 6.45) is 0.313. The summed E-state index contributed by atoms with van der Waals surface area (Å²) in [4.78, 5) is 19.9. The Bertz CT molecular complexity index is 1110. The van der Waals surface area contributed by atoms with Crippen LogP contribution in [0.1, 0.15) is 21.7 Å². The van der Waals surface area contributed by atoms with E-state index in [1.165, 1.54) is 29.5 Å². The molecule has 0 saturated heterocycles. The summed E-state index contributed by atoms with van der Waals surface area (Å²) < 4.78 is 14.8. The third kappa shape index (κ3) is 3.19. The van der Waals surface area contributed by atoms with Crippen molar-refractivity contribution in [3.05, 3.63) is 83.4 Å². The normalized spacial score (nSPS) is 11.0. The van der Waals surface area contributed by atoms with Gasteiger partial charge >= 0.3 is 5.97 Å². The highest BCUT2D eigenvalue weighted by Crippen LogP contribution is 2.33. The first-order valence-corrected chi connectivity index (χ1v) is 8.75. The first-order valence-electron chi connectivity index (χ1n) is 7.94. The van der Waals surface area contributed by atoms with Gasteiger partial charge in [0.25, 0.3) is 0 Å². The van der Waals surface area contributed by atoms with E-state index in [1.807, 2.05) is 30.3 Å². The molecule has 0 aliphatic carbocycles. The fourth-order valence-corrected chi connectivity index (χ4v) is 3.84. The number of aromatic carboxylic acids is 1. The molecule has 6 heteroatoms. The van der Waals surface area contributed by atoms with Gasteiger partial charge in [-0.3, -0.25) is 0 Å². The van der Waals surface area contributed by atoms with Crippen molar-refractivity contribution in [2.45, 2.75) is 6.42 Å². The van der Waals surface area contributed by atoms with Crippen molar-refractivity contribution < 1.29 is 14.3 Å². The Kier molecular flexibility index (Phi) is 4.18. The fraction of sp³-hybridized carbons (Fsp3) is 0.0500. The van der Waals surface area contributed by atoms with Gasteiger partial charge in [0, 0.05) is 17.7 Å². The molecule has 26 heavy (non-hydrogen) atoms. The molecule has 0 radical (unpaired) electrons. The second-order valence-electron chi connectivity index (χ2n) is 5.79. The largest absolute Gasteiger partial charge is 0.477 e. The lowest BCUT2D eigenvalue weighted by Crippen LogP contribution is -2.03. The van der Waals surface area contributed by atoms with Crippen LogP contribution in [0.25, 0.3) is 20.8 Å². The molecule has 0 aliphatic rings. The van der Waals surface area contributed by atoms with E-state index < -0.39 is 5.97 Å². The van der Waals surface area contributed by atoms with E-state index in [1.54, 1.807) is 12.1 Å². The third-order valence-corrected chi connectivity index (χ3v) is 5.01. The number of halogens is 1. The highest BCUT2D eigenvalue weighted by atomic mass is 32.1. The molecule has 0 spiro atoms. The number of carboxylic acid groups (broad SMARTS) is 1. The number of rotatable bonds is 4. The number of carbonyl (C=O) groups is 1. The molecule has 0 bridgehead atoms. The van der Waals surface area contributed by atoms with E-state index in [-0.39, 0.29) is 11.5 Å². The zero-order valence-electron chi connectivity index (χ0n) is 13.5. The van der Waals surface area contributed by atoms with Crippen LogP contribution in [0.4, 0.5) is 4.39 Å². The average molecular weight is 364 g/mol. The number of benzene rings is 2. The minimum absolute atomic E-state index is 0.0293. The first kappa shape index (κ1) is 16.4. The number of aromatic nitrogens is 2. The monoisotopic (exact) mass is 364 g/mol. The Morgan fingerprint density at radius 1 is 1.04 bits per heavy atom. The molecule has 2 aromatic heterocycles. The van der Waals surface area contributed by atoms with Gasteiger partial charge in [0.1, 0.15) is 16.5 Å². The van der Waals surface area contributed by atoms with Gasteiger partial charge in [-0.1, -0.05) is 36.4 Å². The quantitative estimate of drug-likeness (QED) is 0.566. The van der Waals surface area contributed by atoms with Crippen LogP contribution in [0.5, 0.6) is 0 Å². The predicted molar refractivity (Wildman–Crippen MR) is 99.0 cm³/mol. The zero-order chi connectivity index (χ0) is 18.1. The van der Waals surface area contributed by atoms with Gasteiger partial charge in [-0.25, -0.2) is 19.2 Å². The zero-order valence-corrected chi connectivity index (χ0v) is 14.3. The van der Waals surface area contributed by atoms with E-state index in [2.05, 4.69) is 9.97 Å². The summed E-state index contributed by atoms with van der Waals surface area (Å²) in [6, 6.07) is 17.4. The highest BCUT2D eigenvalue weighted by molar-refractivity contribution is 7.21. The smallest absolute Gasteiger partial charge is 0.354 e. The number of nitrogens with zero attached hydrogens (tertiary/aromatic N) is 2. The SMILES string of the molecule is O=C(O)c1cccc(Cc2cc(F)cc3sc(-c4ccccc4)nc23)n1. The first-order chi connectivity index (χ1) is 12.6. The summed E-state index contributed by atoms with van der Waals surface area (Å²) >= 11 is 1.43. The van der Waals surface area contributed by atoms with Crippen LogP contribution in [0.15, 0.2) is 60.7 Å². The van der Waals surface area contributed by atoms with Crippen LogP contribution in [-0.4, -0.2) is 21.0 Å². The highest BCUT2D eigenvalue weighted by Gasteiger charge is 2.14. The lowest BCUT2D eigenvalue weighted by molar-refractivity contribution is 0.0690. The number of carboxylic acids is 1. The number of pyridine rings is 1. The van der Waals surface area contributed by atoms with Crippen molar-refractivity contribution in [1.82, 2.24) is 9.97 Å². The molecule has 4 rings (SSSR count). The fourth-order valence-electron chi connectivity index (χ4n) is 2.79. The van der Waals surface area contributed by atoms with E-state index in [0.29, 0.717) is 17.7 Å². The predicted octanol–water partition coefficient (Wildman–Crippen LogP) is 4.79. The molecule has 0 unspecified atom stereocenters. The minimum Gasteiger partial charge on any atom is -0.477 e. The van der Waals surface area contributed by atoms with E-state index in [0.717, 1.165) is 20.8 Å². The molecule has 0 saturated carbocycles. The Morgan fingerprint density at radius 3 is 2.62 bits per heavy atom. The van der Waals surface area contributed by atoms with E-state index >= 15 is 0 Å². The van der Waals surface area contributed by atoms with Gasteiger partial charge in [0.2, 0.25) is 0 Å². The van der Waals surface area contributed by atoms with E-state index in [4.69, 9.17) is 5.11 Å². The van der Waals surface area contributed by atoms with E-state index in [9.17, 15) is 9.18 Å². The van der Waals surface area contributed by atoms with Crippen LogP contribution < -0.4 is 0 Å². The Balaban J connectivity index is 1.78. The van der Waals surface area contributed by atoms with Crippen molar-refractivity contribution in [2.75, 3.05) is 0 Å². The number of fused-ring (bicyclic) bond motifs is 1. The van der Waals surface area contributed by atoms with Crippen molar-refractivity contribution >= 4 is 27.5 Å². The topological polar surface area (TPSA) is 63.1 Å². The summed E-state index contributed by atoms with van der Waals surface area (Å²) in [5.41, 5.74) is 2.92. The molecule has 4 aromatic rings. The Morgan fingerprint density at radius 2 is 1.85 bits per heavy atom. The molecule has 0 amide bonds. The van der Waals surface area contributed by atoms with Crippen molar-refractivity contribution in [3.63, 3.8) is 0 Å². The average Bonchev–Trinajstić information content (AvgIpc) is 3.07. The lowest BCUT2D eigenvalue weighted by atomic mass is 10.1. The standard InChI is InChI=1S/C20H13FN2O2S/c21-14-9-13(10-15-7-4-8-16(22-15)20(24)25)18-17(11-14)26-19(23-18)12-5-2-1-3-6-12/h1-9,11H,10H2,(H,24,25). The van der Waals surface area contributed by atoms with Crippen LogP contribution in [0.3, 0.4) is 0 Å². The van der Waals surface area contributed by atoms with Gasteiger partial charge in [-0.15, -0.1) is 11.3 Å². The van der Waals surface area contributed by atoms with Gasteiger partial charge in [0.05, 0.1) is 10.2 Å². The molecular formula is C20H13FN2O2S. The van der Waals surface area contributed by atoms with Crippen LogP contribution in [0.2, 0.25) is 0 Å². The maximum atomic E-state index is 14.1. The summed E-state index contributed by atoms with van der Waals surface area (Å²) in [7, 11) is 0. The number of hydrogen-bond acceptors (Lipinski definition) is 4. The molecule has 2 aromatic carbocycles. The molecule has 0 fully saturated rings. The molecular weight excluding hydrogens is 351 g/mol. The third-order valence-electron chi connectivity index (χ3n) is 3.96. The second kappa shape index (κ2) is 6.65. The molecule has 4 nitrogen and oxygen atoms in total. The van der Waals surface area contributed by atoms with Crippen LogP contribution in [-0.2, 0) is 6.42 Å². The molecule has 1 N–H and O–H groups in total. The maximum absolute atomic E-state index is 14.1. The molecule has 2 heterocycles. The van der Waals surface area contributed by atoms with Crippen LogP contribution >= 0.6 is 11.3 Å². The number of hydrogen-bond donors (Lipinski definition) is 1. The molecule has 0 aliphatic heterocycles.